The maximum atomic E-state index is 12.5. The number of carbonyl (C=O) groups excluding carboxylic acids is 1. The quantitative estimate of drug-likeness (QED) is 0.329. The van der Waals surface area contributed by atoms with Crippen LogP contribution in [0.4, 0.5) is 10.6 Å². The fourth-order valence-corrected chi connectivity index (χ4v) is 4.30. The van der Waals surface area contributed by atoms with Crippen LogP contribution in [0.3, 0.4) is 0 Å². The predicted molar refractivity (Wildman–Crippen MR) is 133 cm³/mol. The summed E-state index contributed by atoms with van der Waals surface area (Å²) >= 11 is 6.20. The summed E-state index contributed by atoms with van der Waals surface area (Å²) in [6, 6.07) is 24.0. The molecule has 34 heavy (non-hydrogen) atoms. The molecule has 1 aliphatic carbocycles. The standard InChI is InChI=1S/C27H25ClN4O2/c1-18(23-5-3-4-6-24(23)28)34-26(33)30-25-17-29-31-32(25)22-13-9-20(10-14-22)19-7-11-21(12-8-19)27(2)15-16-27/h3-14,17-18H,15-16H2,1-2H3,(H,30,33)/t18-/m1/s1. The summed E-state index contributed by atoms with van der Waals surface area (Å²) < 4.78 is 7.05. The van der Waals surface area contributed by atoms with Crippen molar-refractivity contribution in [2.24, 2.45) is 0 Å². The summed E-state index contributed by atoms with van der Waals surface area (Å²) in [5.41, 5.74) is 5.55. The number of hydrogen-bond acceptors (Lipinski definition) is 4. The molecule has 5 rings (SSSR count). The van der Waals surface area contributed by atoms with Crippen LogP contribution in [0, 0.1) is 0 Å². The maximum Gasteiger partial charge on any atom is 0.413 e. The minimum atomic E-state index is -0.614. The van der Waals surface area contributed by atoms with E-state index in [1.54, 1.807) is 17.7 Å². The molecule has 0 saturated heterocycles. The Hall–Kier alpha value is -3.64. The number of rotatable bonds is 6. The number of aromatic nitrogens is 3. The number of halogens is 1. The van der Waals surface area contributed by atoms with Crippen LogP contribution in [0.25, 0.3) is 16.8 Å². The largest absolute Gasteiger partial charge is 0.441 e. The topological polar surface area (TPSA) is 69.0 Å². The van der Waals surface area contributed by atoms with Crippen LogP contribution in [-0.4, -0.2) is 21.1 Å². The van der Waals surface area contributed by atoms with E-state index in [-0.39, 0.29) is 0 Å². The van der Waals surface area contributed by atoms with E-state index < -0.39 is 12.2 Å². The summed E-state index contributed by atoms with van der Waals surface area (Å²) in [5, 5.41) is 11.3. The lowest BCUT2D eigenvalue weighted by Gasteiger charge is -2.15. The molecule has 7 heteroatoms. The second-order valence-corrected chi connectivity index (χ2v) is 9.32. The molecule has 6 nitrogen and oxygen atoms in total. The molecule has 3 aromatic carbocycles. The van der Waals surface area contributed by atoms with Gasteiger partial charge in [0.05, 0.1) is 11.9 Å². The first-order chi connectivity index (χ1) is 16.4. The first-order valence-electron chi connectivity index (χ1n) is 11.3. The zero-order valence-corrected chi connectivity index (χ0v) is 19.8. The smallest absolute Gasteiger partial charge is 0.413 e. The highest BCUT2D eigenvalue weighted by Crippen LogP contribution is 2.47. The van der Waals surface area contributed by atoms with Crippen LogP contribution in [-0.2, 0) is 10.2 Å². The Labute approximate surface area is 203 Å². The first-order valence-corrected chi connectivity index (χ1v) is 11.6. The number of benzene rings is 3. The molecule has 0 spiro atoms. The van der Waals surface area contributed by atoms with Gasteiger partial charge in [-0.2, -0.15) is 4.68 Å². The van der Waals surface area contributed by atoms with Gasteiger partial charge in [-0.25, -0.2) is 4.79 Å². The molecule has 1 saturated carbocycles. The molecule has 1 atom stereocenters. The summed E-state index contributed by atoms with van der Waals surface area (Å²) in [4.78, 5) is 12.5. The SMILES string of the molecule is C[C@@H](OC(=O)Nc1cnnn1-c1ccc(-c2ccc(C3(C)CC3)cc2)cc1)c1ccccc1Cl. The number of nitrogens with zero attached hydrogens (tertiary/aromatic N) is 3. The molecule has 1 aromatic heterocycles. The zero-order valence-electron chi connectivity index (χ0n) is 19.0. The van der Waals surface area contributed by atoms with Crippen molar-refractivity contribution in [1.29, 1.82) is 0 Å². The van der Waals surface area contributed by atoms with E-state index in [0.717, 1.165) is 22.4 Å². The van der Waals surface area contributed by atoms with E-state index in [2.05, 4.69) is 46.8 Å². The Kier molecular flexibility index (Phi) is 5.84. The Morgan fingerprint density at radius 2 is 1.68 bits per heavy atom. The lowest BCUT2D eigenvalue weighted by Crippen LogP contribution is -2.18. The Morgan fingerprint density at radius 1 is 1.03 bits per heavy atom. The van der Waals surface area contributed by atoms with E-state index in [1.165, 1.54) is 24.6 Å². The number of hydrogen-bond donors (Lipinski definition) is 1. The number of nitrogens with one attached hydrogen (secondary N) is 1. The number of amides is 1. The number of carbonyl (C=O) groups is 1. The van der Waals surface area contributed by atoms with Gasteiger partial charge in [0.15, 0.2) is 5.82 Å². The normalized spacial score (nSPS) is 14.9. The third-order valence-corrected chi connectivity index (χ3v) is 6.78. The molecule has 0 bridgehead atoms. The maximum absolute atomic E-state index is 12.5. The highest BCUT2D eigenvalue weighted by Gasteiger charge is 2.38. The highest BCUT2D eigenvalue weighted by atomic mass is 35.5. The summed E-state index contributed by atoms with van der Waals surface area (Å²) in [6.45, 7) is 4.08. The number of ether oxygens (including phenoxy) is 1. The molecule has 1 N–H and O–H groups in total. The monoisotopic (exact) mass is 472 g/mol. The van der Waals surface area contributed by atoms with Crippen LogP contribution >= 0.6 is 11.6 Å². The fourth-order valence-electron chi connectivity index (χ4n) is 4.01. The van der Waals surface area contributed by atoms with E-state index in [4.69, 9.17) is 16.3 Å². The highest BCUT2D eigenvalue weighted by molar-refractivity contribution is 6.31. The molecular weight excluding hydrogens is 448 g/mol. The van der Waals surface area contributed by atoms with Crippen molar-refractivity contribution in [2.45, 2.75) is 38.2 Å². The van der Waals surface area contributed by atoms with Crippen molar-refractivity contribution in [1.82, 2.24) is 15.0 Å². The first kappa shape index (κ1) is 22.2. The van der Waals surface area contributed by atoms with Gasteiger partial charge >= 0.3 is 6.09 Å². The number of anilines is 1. The van der Waals surface area contributed by atoms with Gasteiger partial charge in [-0.15, -0.1) is 5.10 Å². The summed E-state index contributed by atoms with van der Waals surface area (Å²) in [6.07, 6.45) is 2.89. The van der Waals surface area contributed by atoms with Crippen molar-refractivity contribution in [3.05, 3.63) is 95.1 Å². The fraction of sp³-hybridized carbons (Fsp3) is 0.222. The van der Waals surface area contributed by atoms with Gasteiger partial charge in [0.2, 0.25) is 0 Å². The van der Waals surface area contributed by atoms with Crippen LogP contribution in [0.1, 0.15) is 43.9 Å². The lowest BCUT2D eigenvalue weighted by atomic mass is 9.95. The molecule has 4 aromatic rings. The Bertz CT molecular complexity index is 1310. The van der Waals surface area contributed by atoms with E-state index in [1.807, 2.05) is 42.5 Å². The van der Waals surface area contributed by atoms with E-state index in [9.17, 15) is 4.79 Å². The van der Waals surface area contributed by atoms with Gasteiger partial charge in [0.25, 0.3) is 0 Å². The van der Waals surface area contributed by atoms with Crippen molar-refractivity contribution in [3.63, 3.8) is 0 Å². The van der Waals surface area contributed by atoms with Gasteiger partial charge in [0.1, 0.15) is 6.10 Å². The third-order valence-electron chi connectivity index (χ3n) is 6.43. The van der Waals surface area contributed by atoms with Crippen LogP contribution in [0.2, 0.25) is 5.02 Å². The molecule has 1 aliphatic rings. The lowest BCUT2D eigenvalue weighted by molar-refractivity contribution is 0.121. The second-order valence-electron chi connectivity index (χ2n) is 8.91. The molecular formula is C27H25ClN4O2. The van der Waals surface area contributed by atoms with E-state index in [0.29, 0.717) is 16.3 Å². The van der Waals surface area contributed by atoms with Gasteiger partial charge in [-0.05, 0) is 60.1 Å². The van der Waals surface area contributed by atoms with Gasteiger partial charge in [0, 0.05) is 10.6 Å². The second kappa shape index (κ2) is 8.95. The predicted octanol–water partition coefficient (Wildman–Crippen LogP) is 6.95. The average molecular weight is 473 g/mol. The minimum Gasteiger partial charge on any atom is -0.441 e. The average Bonchev–Trinajstić information content (AvgIpc) is 3.43. The minimum absolute atomic E-state index is 0.366. The molecule has 0 aliphatic heterocycles. The Morgan fingerprint density at radius 3 is 2.32 bits per heavy atom. The molecule has 0 radical (unpaired) electrons. The molecule has 0 unspecified atom stereocenters. The summed E-state index contributed by atoms with van der Waals surface area (Å²) in [7, 11) is 0. The summed E-state index contributed by atoms with van der Waals surface area (Å²) in [5.74, 6) is 0.408. The zero-order chi connectivity index (χ0) is 23.7. The third kappa shape index (κ3) is 4.54. The van der Waals surface area contributed by atoms with Crippen LogP contribution in [0.15, 0.2) is 79.0 Å². The van der Waals surface area contributed by atoms with Gasteiger partial charge in [-0.3, -0.25) is 5.32 Å². The Balaban J connectivity index is 1.27. The van der Waals surface area contributed by atoms with Crippen molar-refractivity contribution in [3.8, 4) is 16.8 Å². The van der Waals surface area contributed by atoms with Crippen LogP contribution < -0.4 is 5.32 Å². The molecule has 172 valence electrons. The van der Waals surface area contributed by atoms with Crippen LogP contribution in [0.5, 0.6) is 0 Å². The van der Waals surface area contributed by atoms with Gasteiger partial charge < -0.3 is 4.74 Å². The van der Waals surface area contributed by atoms with Crippen molar-refractivity contribution < 1.29 is 9.53 Å². The van der Waals surface area contributed by atoms with Crippen molar-refractivity contribution in [2.75, 3.05) is 5.32 Å². The van der Waals surface area contributed by atoms with Crippen molar-refractivity contribution >= 4 is 23.5 Å². The molecule has 1 amide bonds. The molecule has 1 fully saturated rings. The molecule has 1 heterocycles. The van der Waals surface area contributed by atoms with Gasteiger partial charge in [-0.1, -0.05) is 78.3 Å². The van der Waals surface area contributed by atoms with E-state index >= 15 is 0 Å².